The van der Waals surface area contributed by atoms with E-state index in [9.17, 15) is 4.89 Å². The summed E-state index contributed by atoms with van der Waals surface area (Å²) in [6.07, 6.45) is 0. The average molecular weight is 260 g/mol. The summed E-state index contributed by atoms with van der Waals surface area (Å²) in [6.45, 7) is 10.8. The Bertz CT molecular complexity index is 181. The van der Waals surface area contributed by atoms with Crippen LogP contribution in [0.25, 0.3) is 0 Å². The summed E-state index contributed by atoms with van der Waals surface area (Å²) in [6, 6.07) is -0.170. The molecular formula is C9H21ClO4P+. The average Bonchev–Trinajstić information content (AvgIpc) is 1.74. The van der Waals surface area contributed by atoms with Gasteiger partial charge in [-0.15, -0.1) is 13.6 Å². The summed E-state index contributed by atoms with van der Waals surface area (Å²) in [4.78, 5) is 10.0. The van der Waals surface area contributed by atoms with E-state index in [1.165, 1.54) is 0 Å². The van der Waals surface area contributed by atoms with Gasteiger partial charge in [0.15, 0.2) is 6.07 Å². The molecule has 0 radical (unpaired) electrons. The molecule has 6 heteroatoms. The highest BCUT2D eigenvalue weighted by Gasteiger charge is 2.52. The third-order valence-corrected chi connectivity index (χ3v) is 3.26. The number of alkyl halides is 1. The van der Waals surface area contributed by atoms with Crippen LogP contribution in [0, 0.1) is 0 Å². The first-order valence-corrected chi connectivity index (χ1v) is 6.74. The van der Waals surface area contributed by atoms with Gasteiger partial charge in [0, 0.05) is 0 Å². The number of hydrogen-bond donors (Lipinski definition) is 1. The van der Waals surface area contributed by atoms with Gasteiger partial charge < -0.3 is 0 Å². The minimum absolute atomic E-state index is 0.170. The quantitative estimate of drug-likeness (QED) is 0.620. The first kappa shape index (κ1) is 15.6. The molecule has 0 heterocycles. The van der Waals surface area contributed by atoms with Crippen molar-refractivity contribution in [3.63, 3.8) is 0 Å². The van der Waals surface area contributed by atoms with Gasteiger partial charge in [0.25, 0.3) is 0 Å². The molecule has 0 saturated carbocycles. The Kier molecular flexibility index (Phi) is 5.46. The first-order valence-electron chi connectivity index (χ1n) is 4.71. The highest BCUT2D eigenvalue weighted by Crippen LogP contribution is 2.62. The molecule has 0 saturated heterocycles. The molecule has 0 bridgehead atoms. The highest BCUT2D eigenvalue weighted by atomic mass is 35.5. The Morgan fingerprint density at radius 3 is 1.53 bits per heavy atom. The highest BCUT2D eigenvalue weighted by molar-refractivity contribution is 7.55. The van der Waals surface area contributed by atoms with Crippen LogP contribution in [0.15, 0.2) is 0 Å². The van der Waals surface area contributed by atoms with E-state index in [1.54, 1.807) is 0 Å². The van der Waals surface area contributed by atoms with Crippen molar-refractivity contribution in [3.05, 3.63) is 0 Å². The second-order valence-corrected chi connectivity index (χ2v) is 6.89. The maximum absolute atomic E-state index is 10.0. The molecule has 1 N–H and O–H groups in total. The topological polar surface area (TPSA) is 47.9 Å². The predicted molar refractivity (Wildman–Crippen MR) is 62.6 cm³/mol. The largest absolute Gasteiger partial charge is 0.574 e. The third kappa shape index (κ3) is 8.38. The van der Waals surface area contributed by atoms with Crippen molar-refractivity contribution in [3.8, 4) is 0 Å². The van der Waals surface area contributed by atoms with Crippen LogP contribution >= 0.6 is 19.8 Å². The molecule has 0 aromatic heterocycles. The molecule has 0 rings (SSSR count). The SMILES string of the molecule is CC(C)(C)O[P+](O)(OCCl)OC(C)(C)C. The fourth-order valence-electron chi connectivity index (χ4n) is 0.825. The minimum atomic E-state index is -3.34. The third-order valence-electron chi connectivity index (χ3n) is 0.990. The molecule has 15 heavy (non-hydrogen) atoms. The van der Waals surface area contributed by atoms with Gasteiger partial charge in [0.1, 0.15) is 11.2 Å². The molecular weight excluding hydrogens is 239 g/mol. The van der Waals surface area contributed by atoms with Crippen LogP contribution in [0.4, 0.5) is 0 Å². The molecule has 0 atom stereocenters. The molecule has 0 aliphatic heterocycles. The van der Waals surface area contributed by atoms with E-state index in [4.69, 9.17) is 25.2 Å². The van der Waals surface area contributed by atoms with Crippen LogP contribution in [-0.4, -0.2) is 22.2 Å². The Hall–Kier alpha value is 0.560. The van der Waals surface area contributed by atoms with Crippen molar-refractivity contribution in [1.82, 2.24) is 0 Å². The Morgan fingerprint density at radius 1 is 1.00 bits per heavy atom. The monoisotopic (exact) mass is 259 g/mol. The van der Waals surface area contributed by atoms with E-state index in [-0.39, 0.29) is 6.07 Å². The summed E-state index contributed by atoms with van der Waals surface area (Å²) >= 11 is 5.43. The predicted octanol–water partition coefficient (Wildman–Crippen LogP) is 3.50. The van der Waals surface area contributed by atoms with Crippen LogP contribution in [0.3, 0.4) is 0 Å². The zero-order valence-electron chi connectivity index (χ0n) is 10.2. The maximum atomic E-state index is 10.0. The van der Waals surface area contributed by atoms with Crippen LogP contribution < -0.4 is 0 Å². The van der Waals surface area contributed by atoms with Gasteiger partial charge in [-0.3, -0.25) is 0 Å². The molecule has 0 fully saturated rings. The smallest absolute Gasteiger partial charge is 0.168 e. The van der Waals surface area contributed by atoms with Crippen molar-refractivity contribution in [2.24, 2.45) is 0 Å². The summed E-state index contributed by atoms with van der Waals surface area (Å²) in [5, 5.41) is 0. The van der Waals surface area contributed by atoms with Crippen LogP contribution in [0.2, 0.25) is 0 Å². The second-order valence-electron chi connectivity index (χ2n) is 5.11. The summed E-state index contributed by atoms with van der Waals surface area (Å²) in [5.74, 6) is 0. The van der Waals surface area contributed by atoms with Crippen molar-refractivity contribution in [2.75, 3.05) is 6.07 Å². The molecule has 0 aromatic rings. The normalized spacial score (nSPS) is 14.4. The molecule has 4 nitrogen and oxygen atoms in total. The van der Waals surface area contributed by atoms with Crippen molar-refractivity contribution >= 4 is 19.8 Å². The lowest BCUT2D eigenvalue weighted by molar-refractivity contribution is -0.0141. The van der Waals surface area contributed by atoms with E-state index >= 15 is 0 Å². The molecule has 0 aliphatic rings. The van der Waals surface area contributed by atoms with Crippen LogP contribution in [-0.2, 0) is 13.6 Å². The summed E-state index contributed by atoms with van der Waals surface area (Å²) in [7, 11) is -3.34. The minimum Gasteiger partial charge on any atom is -0.168 e. The molecule has 0 amide bonds. The van der Waals surface area contributed by atoms with Gasteiger partial charge in [0.05, 0.1) is 0 Å². The molecule has 92 valence electrons. The zero-order chi connectivity index (χ0) is 12.3. The van der Waals surface area contributed by atoms with E-state index in [2.05, 4.69) is 0 Å². The maximum Gasteiger partial charge on any atom is 0.574 e. The van der Waals surface area contributed by atoms with Gasteiger partial charge in [0.2, 0.25) is 0 Å². The van der Waals surface area contributed by atoms with Gasteiger partial charge in [-0.25, -0.2) is 0 Å². The van der Waals surface area contributed by atoms with E-state index in [0.717, 1.165) is 0 Å². The molecule has 0 unspecified atom stereocenters. The van der Waals surface area contributed by atoms with Crippen molar-refractivity contribution in [1.29, 1.82) is 0 Å². The lowest BCUT2D eigenvalue weighted by atomic mass is 10.2. The standard InChI is InChI=1S/C9H21ClO4P/c1-8(2,3)13-15(11,12-7-10)14-9(4,5)6/h11H,7H2,1-6H3/q+1. The Balaban J connectivity index is 4.59. The Morgan fingerprint density at radius 2 is 1.33 bits per heavy atom. The molecule has 0 spiro atoms. The molecule has 0 aromatic carbocycles. The van der Waals surface area contributed by atoms with E-state index < -0.39 is 19.4 Å². The van der Waals surface area contributed by atoms with Crippen LogP contribution in [0.1, 0.15) is 41.5 Å². The number of halogens is 1. The van der Waals surface area contributed by atoms with Gasteiger partial charge in [-0.2, -0.15) is 4.89 Å². The second kappa shape index (κ2) is 5.26. The van der Waals surface area contributed by atoms with Crippen LogP contribution in [0.5, 0.6) is 0 Å². The Labute approximate surface area is 97.5 Å². The van der Waals surface area contributed by atoms with Crippen molar-refractivity contribution in [2.45, 2.75) is 52.7 Å². The first-order chi connectivity index (χ1) is 6.47. The summed E-state index contributed by atoms with van der Waals surface area (Å²) < 4.78 is 15.7. The summed E-state index contributed by atoms with van der Waals surface area (Å²) in [5.41, 5.74) is -1.11. The fraction of sp³-hybridized carbons (Fsp3) is 1.00. The van der Waals surface area contributed by atoms with E-state index in [1.807, 2.05) is 41.5 Å². The van der Waals surface area contributed by atoms with Crippen molar-refractivity contribution < 1.29 is 18.5 Å². The van der Waals surface area contributed by atoms with Gasteiger partial charge in [-0.05, 0) is 41.5 Å². The van der Waals surface area contributed by atoms with Gasteiger partial charge in [-0.1, -0.05) is 11.6 Å². The lowest BCUT2D eigenvalue weighted by Gasteiger charge is -2.26. The zero-order valence-corrected chi connectivity index (χ0v) is 11.9. The fourth-order valence-corrected chi connectivity index (χ4v) is 2.85. The van der Waals surface area contributed by atoms with Gasteiger partial charge >= 0.3 is 8.17 Å². The number of rotatable bonds is 4. The van der Waals surface area contributed by atoms with E-state index in [0.29, 0.717) is 0 Å². The lowest BCUT2D eigenvalue weighted by Crippen LogP contribution is -2.27. The molecule has 0 aliphatic carbocycles. The number of hydrogen-bond acceptors (Lipinski definition) is 4.